The molecule has 4 heteroatoms. The molecule has 0 spiro atoms. The van der Waals surface area contributed by atoms with Crippen molar-refractivity contribution in [2.75, 3.05) is 0 Å². The minimum absolute atomic E-state index is 0.110. The Hall–Kier alpha value is -7.17. The normalized spacial score (nSPS) is 12.7. The number of benzene rings is 7. The van der Waals surface area contributed by atoms with Crippen LogP contribution in [0.3, 0.4) is 0 Å². The maximum Gasteiger partial charge on any atom is 0.160 e. The molecule has 7 aromatic carbocycles. The summed E-state index contributed by atoms with van der Waals surface area (Å²) in [5.41, 5.74) is 10.0. The number of nitrogens with zero attached hydrogens (tertiary/aromatic N) is 4. The Morgan fingerprint density at radius 3 is 1.83 bits per heavy atom. The number of hydrogen-bond donors (Lipinski definition) is 0. The van der Waals surface area contributed by atoms with Crippen LogP contribution in [0, 0.1) is 0 Å². The maximum atomic E-state index is 8.92. The molecular formula is C49H32N4. The number of hydrogen-bond acceptors (Lipinski definition) is 3. The van der Waals surface area contributed by atoms with Crippen molar-refractivity contribution in [3.8, 4) is 67.4 Å². The standard InChI is InChI=1S/C49H32N4/c1-4-14-33(15-5-1)39-30-40(34-23-25-38(26-24-34)48-46(37-19-8-3-9-20-37)50-44-22-12-13-29-53(44)48)32-41(31-39)49-51-45(36-17-6-2-7-18-36)43-28-27-35-16-10-11-21-42(35)47(43)52-49/h1-32H/i1D,4D,5D,14D,15D. The van der Waals surface area contributed by atoms with E-state index in [1.165, 1.54) is 0 Å². The van der Waals surface area contributed by atoms with E-state index in [-0.39, 0.29) is 17.6 Å². The first-order chi connectivity index (χ1) is 28.3. The molecule has 4 nitrogen and oxygen atoms in total. The van der Waals surface area contributed by atoms with Crippen LogP contribution in [0.1, 0.15) is 6.85 Å². The van der Waals surface area contributed by atoms with Gasteiger partial charge < -0.3 is 0 Å². The topological polar surface area (TPSA) is 43.1 Å². The SMILES string of the molecule is [2H]c1c([2H])c([2H])c(-c2cc(-c3ccc(-c4c(-c5ccccc5)nc5ccccn45)cc3)cc(-c3nc(-c4ccccc4)c4ccc5ccccc5c4n3)c2)c([2H])c1[2H]. The zero-order valence-corrected chi connectivity index (χ0v) is 28.4. The van der Waals surface area contributed by atoms with Gasteiger partial charge in [0.25, 0.3) is 0 Å². The van der Waals surface area contributed by atoms with Crippen molar-refractivity contribution in [2.45, 2.75) is 0 Å². The lowest BCUT2D eigenvalue weighted by atomic mass is 9.94. The summed E-state index contributed by atoms with van der Waals surface area (Å²) in [5, 5.41) is 2.95. The summed E-state index contributed by atoms with van der Waals surface area (Å²) in [6, 6.07) is 50.6. The highest BCUT2D eigenvalue weighted by Crippen LogP contribution is 2.38. The van der Waals surface area contributed by atoms with Crippen LogP contribution in [0.15, 0.2) is 194 Å². The molecule has 0 fully saturated rings. The molecule has 0 aliphatic carbocycles. The molecule has 3 heterocycles. The van der Waals surface area contributed by atoms with E-state index < -0.39 is 18.1 Å². The fourth-order valence-corrected chi connectivity index (χ4v) is 7.16. The van der Waals surface area contributed by atoms with Crippen molar-refractivity contribution < 1.29 is 6.85 Å². The van der Waals surface area contributed by atoms with Crippen LogP contribution < -0.4 is 0 Å². The van der Waals surface area contributed by atoms with Crippen molar-refractivity contribution in [2.24, 2.45) is 0 Å². The Balaban J connectivity index is 1.20. The summed E-state index contributed by atoms with van der Waals surface area (Å²) in [5.74, 6) is 0.452. The van der Waals surface area contributed by atoms with E-state index in [2.05, 4.69) is 52.9 Å². The second-order valence-corrected chi connectivity index (χ2v) is 12.9. The summed E-state index contributed by atoms with van der Waals surface area (Å²) < 4.78 is 45.2. The van der Waals surface area contributed by atoms with Gasteiger partial charge in [-0.05, 0) is 64.0 Å². The lowest BCUT2D eigenvalue weighted by Crippen LogP contribution is -1.97. The van der Waals surface area contributed by atoms with Crippen LogP contribution in [-0.4, -0.2) is 19.4 Å². The molecule has 0 saturated heterocycles. The highest BCUT2D eigenvalue weighted by molar-refractivity contribution is 6.09. The van der Waals surface area contributed by atoms with E-state index in [1.807, 2.05) is 115 Å². The van der Waals surface area contributed by atoms with Crippen molar-refractivity contribution in [3.63, 3.8) is 0 Å². The fourth-order valence-electron chi connectivity index (χ4n) is 7.16. The fraction of sp³-hybridized carbons (Fsp3) is 0. The molecule has 10 rings (SSSR count). The molecule has 248 valence electrons. The summed E-state index contributed by atoms with van der Waals surface area (Å²) in [7, 11) is 0. The van der Waals surface area contributed by atoms with Crippen LogP contribution in [0.25, 0.3) is 94.7 Å². The molecule has 0 saturated carbocycles. The third-order valence-corrected chi connectivity index (χ3v) is 9.69. The zero-order chi connectivity index (χ0) is 39.5. The average Bonchev–Trinajstić information content (AvgIpc) is 3.68. The lowest BCUT2D eigenvalue weighted by molar-refractivity contribution is 1.19. The maximum absolute atomic E-state index is 8.92. The van der Waals surface area contributed by atoms with Crippen LogP contribution in [-0.2, 0) is 0 Å². The lowest BCUT2D eigenvalue weighted by Gasteiger charge is -2.14. The second-order valence-electron chi connectivity index (χ2n) is 12.9. The van der Waals surface area contributed by atoms with Gasteiger partial charge in [-0.1, -0.05) is 152 Å². The minimum Gasteiger partial charge on any atom is -0.299 e. The summed E-state index contributed by atoms with van der Waals surface area (Å²) in [6.45, 7) is 0. The van der Waals surface area contributed by atoms with Gasteiger partial charge in [0.2, 0.25) is 0 Å². The molecule has 0 aliphatic heterocycles. The third kappa shape index (κ3) is 5.54. The van der Waals surface area contributed by atoms with E-state index in [0.29, 0.717) is 17.0 Å². The number of imidazole rings is 1. The monoisotopic (exact) mass is 681 g/mol. The Bertz CT molecular complexity index is 3190. The largest absolute Gasteiger partial charge is 0.299 e. The van der Waals surface area contributed by atoms with Gasteiger partial charge in [0.1, 0.15) is 5.65 Å². The molecule has 0 N–H and O–H groups in total. The quantitative estimate of drug-likeness (QED) is 0.164. The first-order valence-electron chi connectivity index (χ1n) is 19.9. The second kappa shape index (κ2) is 12.9. The van der Waals surface area contributed by atoms with Crippen LogP contribution >= 0.6 is 0 Å². The van der Waals surface area contributed by atoms with Gasteiger partial charge in [0.15, 0.2) is 5.82 Å². The molecule has 0 unspecified atom stereocenters. The van der Waals surface area contributed by atoms with E-state index in [9.17, 15) is 0 Å². The molecule has 53 heavy (non-hydrogen) atoms. The number of aromatic nitrogens is 4. The molecule has 0 atom stereocenters. The van der Waals surface area contributed by atoms with Gasteiger partial charge in [-0.2, -0.15) is 0 Å². The van der Waals surface area contributed by atoms with Crippen LogP contribution in [0.2, 0.25) is 0 Å². The van der Waals surface area contributed by atoms with Gasteiger partial charge in [-0.15, -0.1) is 0 Å². The molecule has 10 aromatic rings. The van der Waals surface area contributed by atoms with Gasteiger partial charge in [-0.3, -0.25) is 4.40 Å². The molecule has 0 aliphatic rings. The van der Waals surface area contributed by atoms with E-state index >= 15 is 0 Å². The predicted octanol–water partition coefficient (Wildman–Crippen LogP) is 12.4. The molecule has 3 aromatic heterocycles. The number of pyridine rings is 1. The third-order valence-electron chi connectivity index (χ3n) is 9.69. The summed E-state index contributed by atoms with van der Waals surface area (Å²) >= 11 is 0. The number of rotatable bonds is 6. The Kier molecular flexibility index (Phi) is 6.24. The highest BCUT2D eigenvalue weighted by atomic mass is 15.0. The molecule has 0 radical (unpaired) electrons. The van der Waals surface area contributed by atoms with E-state index in [1.54, 1.807) is 0 Å². The summed E-state index contributed by atoms with van der Waals surface area (Å²) in [6.07, 6.45) is 2.02. The van der Waals surface area contributed by atoms with Gasteiger partial charge in [-0.25, -0.2) is 15.0 Å². The van der Waals surface area contributed by atoms with Gasteiger partial charge in [0, 0.05) is 39.2 Å². The number of fused-ring (bicyclic) bond motifs is 4. The Labute approximate surface area is 314 Å². The van der Waals surface area contributed by atoms with Gasteiger partial charge >= 0.3 is 0 Å². The van der Waals surface area contributed by atoms with Gasteiger partial charge in [0.05, 0.1) is 29.5 Å². The first-order valence-corrected chi connectivity index (χ1v) is 17.4. The first kappa shape index (κ1) is 25.7. The smallest absolute Gasteiger partial charge is 0.160 e. The molecule has 0 bridgehead atoms. The van der Waals surface area contributed by atoms with Crippen molar-refractivity contribution in [1.29, 1.82) is 0 Å². The highest BCUT2D eigenvalue weighted by Gasteiger charge is 2.18. The van der Waals surface area contributed by atoms with Crippen molar-refractivity contribution in [1.82, 2.24) is 19.4 Å². The predicted molar refractivity (Wildman–Crippen MR) is 218 cm³/mol. The van der Waals surface area contributed by atoms with Crippen LogP contribution in [0.4, 0.5) is 0 Å². The average molecular weight is 682 g/mol. The van der Waals surface area contributed by atoms with E-state index in [4.69, 9.17) is 21.8 Å². The van der Waals surface area contributed by atoms with E-state index in [0.717, 1.165) is 72.2 Å². The molecule has 0 amide bonds. The zero-order valence-electron chi connectivity index (χ0n) is 33.4. The Morgan fingerprint density at radius 2 is 1.06 bits per heavy atom. The molecular weight excluding hydrogens is 645 g/mol. The summed E-state index contributed by atoms with van der Waals surface area (Å²) in [4.78, 5) is 15.4. The van der Waals surface area contributed by atoms with Crippen LogP contribution in [0.5, 0.6) is 0 Å². The van der Waals surface area contributed by atoms with Crippen molar-refractivity contribution in [3.05, 3.63) is 194 Å². The Morgan fingerprint density at radius 1 is 0.415 bits per heavy atom. The van der Waals surface area contributed by atoms with Crippen molar-refractivity contribution >= 4 is 27.3 Å². The minimum atomic E-state index is -0.440.